The van der Waals surface area contributed by atoms with E-state index in [-0.39, 0.29) is 0 Å². The summed E-state index contributed by atoms with van der Waals surface area (Å²) in [5, 5.41) is 3.16. The monoisotopic (exact) mass is 196 g/mol. The molecule has 0 bridgehead atoms. The number of nitrogens with one attached hydrogen (secondary N) is 1. The smallest absolute Gasteiger partial charge is 0.214 e. The van der Waals surface area contributed by atoms with E-state index < -0.39 is 5.95 Å². The van der Waals surface area contributed by atoms with Crippen molar-refractivity contribution >= 4 is 5.69 Å². The van der Waals surface area contributed by atoms with Crippen molar-refractivity contribution < 1.29 is 4.39 Å². The van der Waals surface area contributed by atoms with Crippen LogP contribution in [0.25, 0.3) is 0 Å². The van der Waals surface area contributed by atoms with E-state index in [1.807, 2.05) is 0 Å². The van der Waals surface area contributed by atoms with Gasteiger partial charge in [0.2, 0.25) is 5.95 Å². The van der Waals surface area contributed by atoms with E-state index in [1.165, 1.54) is 12.3 Å². The predicted molar refractivity (Wildman–Crippen MR) is 56.8 cm³/mol. The summed E-state index contributed by atoms with van der Waals surface area (Å²) in [6, 6.07) is 3.18. The second-order valence-corrected chi connectivity index (χ2v) is 4.60. The average molecular weight is 196 g/mol. The van der Waals surface area contributed by atoms with Gasteiger partial charge >= 0.3 is 0 Å². The van der Waals surface area contributed by atoms with Gasteiger partial charge in [0, 0.05) is 24.5 Å². The Balaban J connectivity index is 2.39. The van der Waals surface area contributed by atoms with Crippen LogP contribution in [0, 0.1) is 11.4 Å². The fourth-order valence-corrected chi connectivity index (χ4v) is 1.09. The summed E-state index contributed by atoms with van der Waals surface area (Å²) in [7, 11) is 0. The zero-order valence-electron chi connectivity index (χ0n) is 8.97. The zero-order chi connectivity index (χ0) is 10.6. The lowest BCUT2D eigenvalue weighted by Crippen LogP contribution is -2.12. The molecule has 1 aromatic heterocycles. The number of hydrogen-bond donors (Lipinski definition) is 1. The van der Waals surface area contributed by atoms with Crippen LogP contribution in [0.2, 0.25) is 0 Å². The Hall–Kier alpha value is -1.12. The number of hydrogen-bond acceptors (Lipinski definition) is 2. The minimum atomic E-state index is -0.439. The van der Waals surface area contributed by atoms with E-state index >= 15 is 0 Å². The van der Waals surface area contributed by atoms with Gasteiger partial charge in [-0.1, -0.05) is 20.8 Å². The summed E-state index contributed by atoms with van der Waals surface area (Å²) < 4.78 is 12.7. The third-order valence-electron chi connectivity index (χ3n) is 1.93. The van der Waals surface area contributed by atoms with Gasteiger partial charge in [-0.2, -0.15) is 4.39 Å². The standard InChI is InChI=1S/C11H17FN2/c1-11(2,3)5-7-13-9-4-6-14-10(12)8-9/h4,6,8H,5,7H2,1-3H3,(H,13,14). The van der Waals surface area contributed by atoms with E-state index in [0.717, 1.165) is 18.7 Å². The molecule has 0 radical (unpaired) electrons. The SMILES string of the molecule is CC(C)(C)CCNc1ccnc(F)c1. The number of halogens is 1. The first-order chi connectivity index (χ1) is 6.47. The predicted octanol–water partition coefficient (Wildman–Crippen LogP) is 3.07. The van der Waals surface area contributed by atoms with Crippen LogP contribution in [0.1, 0.15) is 27.2 Å². The second-order valence-electron chi connectivity index (χ2n) is 4.60. The maximum Gasteiger partial charge on any atom is 0.214 e. The second kappa shape index (κ2) is 4.40. The van der Waals surface area contributed by atoms with Gasteiger partial charge in [0.15, 0.2) is 0 Å². The van der Waals surface area contributed by atoms with Crippen LogP contribution in [0.5, 0.6) is 0 Å². The average Bonchev–Trinajstić information content (AvgIpc) is 2.01. The maximum atomic E-state index is 12.7. The lowest BCUT2D eigenvalue weighted by molar-refractivity contribution is 0.390. The highest BCUT2D eigenvalue weighted by Crippen LogP contribution is 2.18. The largest absolute Gasteiger partial charge is 0.385 e. The van der Waals surface area contributed by atoms with Gasteiger partial charge < -0.3 is 5.32 Å². The van der Waals surface area contributed by atoms with Gasteiger partial charge in [-0.25, -0.2) is 4.98 Å². The lowest BCUT2D eigenvalue weighted by Gasteiger charge is -2.18. The molecule has 1 heterocycles. The molecular weight excluding hydrogens is 179 g/mol. The third kappa shape index (κ3) is 4.21. The molecule has 2 nitrogen and oxygen atoms in total. The van der Waals surface area contributed by atoms with Crippen molar-refractivity contribution in [1.82, 2.24) is 4.98 Å². The molecular formula is C11H17FN2. The molecule has 1 N–H and O–H groups in total. The third-order valence-corrected chi connectivity index (χ3v) is 1.93. The first-order valence-electron chi connectivity index (χ1n) is 4.83. The van der Waals surface area contributed by atoms with Gasteiger partial charge in [0.1, 0.15) is 0 Å². The number of nitrogens with zero attached hydrogens (tertiary/aromatic N) is 1. The van der Waals surface area contributed by atoms with Crippen molar-refractivity contribution in [2.75, 3.05) is 11.9 Å². The summed E-state index contributed by atoms with van der Waals surface area (Å²) >= 11 is 0. The summed E-state index contributed by atoms with van der Waals surface area (Å²) in [5.41, 5.74) is 1.10. The Morgan fingerprint density at radius 2 is 2.14 bits per heavy atom. The van der Waals surface area contributed by atoms with E-state index in [2.05, 4.69) is 31.1 Å². The summed E-state index contributed by atoms with van der Waals surface area (Å²) in [6.45, 7) is 7.40. The first kappa shape index (κ1) is 11.0. The van der Waals surface area contributed by atoms with Crippen LogP contribution in [-0.2, 0) is 0 Å². The van der Waals surface area contributed by atoms with Gasteiger partial charge in [0.25, 0.3) is 0 Å². The van der Waals surface area contributed by atoms with Crippen molar-refractivity contribution in [2.24, 2.45) is 5.41 Å². The molecule has 1 aromatic rings. The van der Waals surface area contributed by atoms with Crippen LogP contribution >= 0.6 is 0 Å². The first-order valence-corrected chi connectivity index (χ1v) is 4.83. The van der Waals surface area contributed by atoms with Crippen LogP contribution < -0.4 is 5.32 Å². The van der Waals surface area contributed by atoms with E-state index in [4.69, 9.17) is 0 Å². The van der Waals surface area contributed by atoms with E-state index in [9.17, 15) is 4.39 Å². The van der Waals surface area contributed by atoms with Gasteiger partial charge in [-0.3, -0.25) is 0 Å². The molecule has 0 unspecified atom stereocenters. The molecule has 0 aliphatic carbocycles. The molecule has 0 aliphatic heterocycles. The molecule has 0 atom stereocenters. The van der Waals surface area contributed by atoms with Crippen molar-refractivity contribution in [1.29, 1.82) is 0 Å². The lowest BCUT2D eigenvalue weighted by atomic mass is 9.92. The van der Waals surface area contributed by atoms with Crippen LogP contribution in [0.4, 0.5) is 10.1 Å². The fourth-order valence-electron chi connectivity index (χ4n) is 1.09. The summed E-state index contributed by atoms with van der Waals surface area (Å²) in [5.74, 6) is -0.439. The summed E-state index contributed by atoms with van der Waals surface area (Å²) in [6.07, 6.45) is 2.52. The summed E-state index contributed by atoms with van der Waals surface area (Å²) in [4.78, 5) is 3.49. The Kier molecular flexibility index (Phi) is 3.44. The van der Waals surface area contributed by atoms with Crippen LogP contribution in [0.15, 0.2) is 18.3 Å². The molecule has 0 aromatic carbocycles. The Labute approximate surface area is 84.6 Å². The Morgan fingerprint density at radius 3 is 2.71 bits per heavy atom. The number of pyridine rings is 1. The van der Waals surface area contributed by atoms with Crippen molar-refractivity contribution in [3.63, 3.8) is 0 Å². The van der Waals surface area contributed by atoms with Crippen LogP contribution in [0.3, 0.4) is 0 Å². The van der Waals surface area contributed by atoms with Crippen molar-refractivity contribution in [3.8, 4) is 0 Å². The molecule has 3 heteroatoms. The Bertz CT molecular complexity index is 292. The van der Waals surface area contributed by atoms with Gasteiger partial charge in [-0.05, 0) is 17.9 Å². The number of anilines is 1. The molecule has 0 spiro atoms. The zero-order valence-corrected chi connectivity index (χ0v) is 8.97. The minimum absolute atomic E-state index is 0.304. The topological polar surface area (TPSA) is 24.9 Å². The molecule has 1 rings (SSSR count). The molecule has 0 saturated heterocycles. The molecule has 0 saturated carbocycles. The highest BCUT2D eigenvalue weighted by Gasteiger charge is 2.08. The highest BCUT2D eigenvalue weighted by atomic mass is 19.1. The molecule has 0 aliphatic rings. The quantitative estimate of drug-likeness (QED) is 0.751. The normalized spacial score (nSPS) is 11.4. The van der Waals surface area contributed by atoms with E-state index in [1.54, 1.807) is 6.07 Å². The van der Waals surface area contributed by atoms with Gasteiger partial charge in [-0.15, -0.1) is 0 Å². The van der Waals surface area contributed by atoms with E-state index in [0.29, 0.717) is 5.41 Å². The molecule has 78 valence electrons. The Morgan fingerprint density at radius 1 is 1.43 bits per heavy atom. The number of aromatic nitrogens is 1. The maximum absolute atomic E-state index is 12.7. The van der Waals surface area contributed by atoms with Crippen LogP contribution in [-0.4, -0.2) is 11.5 Å². The minimum Gasteiger partial charge on any atom is -0.385 e. The van der Waals surface area contributed by atoms with Gasteiger partial charge in [0.05, 0.1) is 0 Å². The molecule has 0 amide bonds. The highest BCUT2D eigenvalue weighted by molar-refractivity contribution is 5.40. The van der Waals surface area contributed by atoms with Crippen molar-refractivity contribution in [3.05, 3.63) is 24.3 Å². The molecule has 0 fully saturated rings. The molecule has 14 heavy (non-hydrogen) atoms. The number of rotatable bonds is 3. The fraction of sp³-hybridized carbons (Fsp3) is 0.545. The van der Waals surface area contributed by atoms with Crippen molar-refractivity contribution in [2.45, 2.75) is 27.2 Å².